The summed E-state index contributed by atoms with van der Waals surface area (Å²) in [5.74, 6) is 1.07. The van der Waals surface area contributed by atoms with Gasteiger partial charge in [0, 0.05) is 34.7 Å². The molecule has 8 nitrogen and oxygen atoms in total. The van der Waals surface area contributed by atoms with Crippen LogP contribution >= 0.6 is 11.8 Å². The van der Waals surface area contributed by atoms with Crippen molar-refractivity contribution in [2.24, 2.45) is 0 Å². The normalized spacial score (nSPS) is 14.3. The standard InChI is InChI=1S/C23H17N5O3S/c29-28(30)17-12-10-16(11-13-17)21-24-19-9-5-4-8-18(19)20-22(31-21)25-23(27-26-20)32-14-15-6-2-1-3-7-15/h1-13,21,24H,14H2. The van der Waals surface area contributed by atoms with E-state index in [1.165, 1.54) is 23.9 Å². The summed E-state index contributed by atoms with van der Waals surface area (Å²) in [7, 11) is 0. The van der Waals surface area contributed by atoms with Gasteiger partial charge in [0.25, 0.3) is 5.69 Å². The molecule has 1 unspecified atom stereocenters. The summed E-state index contributed by atoms with van der Waals surface area (Å²) in [6.45, 7) is 0. The minimum atomic E-state index is -0.595. The van der Waals surface area contributed by atoms with Gasteiger partial charge < -0.3 is 10.1 Å². The number of nitro benzene ring substituents is 1. The molecule has 158 valence electrons. The van der Waals surface area contributed by atoms with Crippen LogP contribution in [0.1, 0.15) is 17.4 Å². The molecule has 0 fully saturated rings. The van der Waals surface area contributed by atoms with Gasteiger partial charge in [-0.2, -0.15) is 4.98 Å². The molecule has 0 aliphatic carbocycles. The second kappa shape index (κ2) is 8.64. The van der Waals surface area contributed by atoms with Gasteiger partial charge in [0.15, 0.2) is 11.9 Å². The Kier molecular flexibility index (Phi) is 5.39. The fraction of sp³-hybridized carbons (Fsp3) is 0.0870. The van der Waals surface area contributed by atoms with Crippen LogP contribution in [0.25, 0.3) is 11.3 Å². The number of rotatable bonds is 5. The van der Waals surface area contributed by atoms with Crippen molar-refractivity contribution in [3.8, 4) is 17.1 Å². The second-order valence-corrected chi connectivity index (χ2v) is 8.00. The number of thioether (sulfide) groups is 1. The lowest BCUT2D eigenvalue weighted by atomic mass is 10.1. The number of para-hydroxylation sites is 1. The van der Waals surface area contributed by atoms with Crippen LogP contribution < -0.4 is 10.1 Å². The van der Waals surface area contributed by atoms with Crippen LogP contribution in [0.2, 0.25) is 0 Å². The molecule has 0 radical (unpaired) electrons. The van der Waals surface area contributed by atoms with E-state index in [4.69, 9.17) is 4.74 Å². The molecule has 2 heterocycles. The number of nitrogens with one attached hydrogen (secondary N) is 1. The van der Waals surface area contributed by atoms with Crippen molar-refractivity contribution in [1.29, 1.82) is 0 Å². The van der Waals surface area contributed by atoms with Crippen LogP contribution in [0.5, 0.6) is 5.88 Å². The van der Waals surface area contributed by atoms with Gasteiger partial charge in [0.05, 0.1) is 4.92 Å². The number of benzene rings is 3. The van der Waals surface area contributed by atoms with E-state index in [1.807, 2.05) is 54.6 Å². The van der Waals surface area contributed by atoms with Crippen LogP contribution in [0, 0.1) is 10.1 Å². The highest BCUT2D eigenvalue weighted by Crippen LogP contribution is 2.39. The first-order chi connectivity index (χ1) is 15.7. The molecule has 1 atom stereocenters. The third-order valence-electron chi connectivity index (χ3n) is 4.95. The Bertz CT molecular complexity index is 1270. The van der Waals surface area contributed by atoms with E-state index in [0.29, 0.717) is 22.5 Å². The molecule has 4 aromatic rings. The molecule has 0 bridgehead atoms. The van der Waals surface area contributed by atoms with Crippen molar-refractivity contribution in [3.05, 3.63) is 100 Å². The van der Waals surface area contributed by atoms with Crippen LogP contribution in [-0.2, 0) is 5.75 Å². The lowest BCUT2D eigenvalue weighted by molar-refractivity contribution is -0.384. The summed E-state index contributed by atoms with van der Waals surface area (Å²) in [6, 6.07) is 24.0. The first-order valence-corrected chi connectivity index (χ1v) is 10.8. The highest BCUT2D eigenvalue weighted by Gasteiger charge is 2.26. The highest BCUT2D eigenvalue weighted by atomic mass is 32.2. The summed E-state index contributed by atoms with van der Waals surface area (Å²) in [4.78, 5) is 15.2. The summed E-state index contributed by atoms with van der Waals surface area (Å²) < 4.78 is 6.21. The Hall–Kier alpha value is -3.98. The Morgan fingerprint density at radius 1 is 0.969 bits per heavy atom. The van der Waals surface area contributed by atoms with Crippen molar-refractivity contribution >= 4 is 23.1 Å². The maximum atomic E-state index is 11.0. The zero-order chi connectivity index (χ0) is 21.9. The Morgan fingerprint density at radius 2 is 1.72 bits per heavy atom. The number of hydrogen-bond acceptors (Lipinski definition) is 8. The van der Waals surface area contributed by atoms with E-state index in [-0.39, 0.29) is 5.69 Å². The first-order valence-electron chi connectivity index (χ1n) is 9.86. The topological polar surface area (TPSA) is 103 Å². The predicted octanol–water partition coefficient (Wildman–Crippen LogP) is 5.24. The lowest BCUT2D eigenvalue weighted by Crippen LogP contribution is -2.17. The smallest absolute Gasteiger partial charge is 0.269 e. The first kappa shape index (κ1) is 20.0. The van der Waals surface area contributed by atoms with Crippen molar-refractivity contribution < 1.29 is 9.66 Å². The van der Waals surface area contributed by atoms with Crippen molar-refractivity contribution in [2.45, 2.75) is 17.1 Å². The fourth-order valence-corrected chi connectivity index (χ4v) is 4.09. The number of non-ortho nitro benzene ring substituents is 1. The predicted molar refractivity (Wildman–Crippen MR) is 121 cm³/mol. The molecule has 9 heteroatoms. The molecular formula is C23H17N5O3S. The number of hydrogen-bond donors (Lipinski definition) is 1. The molecule has 3 aromatic carbocycles. The number of anilines is 1. The third-order valence-corrected chi connectivity index (χ3v) is 5.86. The van der Waals surface area contributed by atoms with Crippen LogP contribution in [-0.4, -0.2) is 20.1 Å². The number of fused-ring (bicyclic) bond motifs is 3. The highest BCUT2D eigenvalue weighted by molar-refractivity contribution is 7.98. The molecule has 1 N–H and O–H groups in total. The molecule has 0 amide bonds. The van der Waals surface area contributed by atoms with E-state index in [9.17, 15) is 10.1 Å². The van der Waals surface area contributed by atoms with E-state index in [0.717, 1.165) is 22.4 Å². The van der Waals surface area contributed by atoms with Crippen molar-refractivity contribution in [3.63, 3.8) is 0 Å². The SMILES string of the molecule is O=[N+]([O-])c1ccc(C2Nc3ccccc3-c3nnc(SCc4ccccc4)nc3O2)cc1. The van der Waals surface area contributed by atoms with Gasteiger partial charge in [-0.05, 0) is 23.8 Å². The van der Waals surface area contributed by atoms with Gasteiger partial charge >= 0.3 is 0 Å². The van der Waals surface area contributed by atoms with Gasteiger partial charge in [-0.1, -0.05) is 60.3 Å². The average molecular weight is 443 g/mol. The Balaban J connectivity index is 1.48. The van der Waals surface area contributed by atoms with Gasteiger partial charge in [-0.15, -0.1) is 10.2 Å². The largest absolute Gasteiger partial charge is 0.448 e. The van der Waals surface area contributed by atoms with Crippen LogP contribution in [0.15, 0.2) is 84.0 Å². The number of nitrogens with zero attached hydrogens (tertiary/aromatic N) is 4. The maximum Gasteiger partial charge on any atom is 0.269 e. The molecular weight excluding hydrogens is 426 g/mol. The van der Waals surface area contributed by atoms with Crippen LogP contribution in [0.3, 0.4) is 0 Å². The van der Waals surface area contributed by atoms with Gasteiger partial charge in [0.1, 0.15) is 0 Å². The van der Waals surface area contributed by atoms with E-state index < -0.39 is 11.2 Å². The molecule has 0 spiro atoms. The zero-order valence-electron chi connectivity index (χ0n) is 16.7. The Labute approximate surface area is 187 Å². The summed E-state index contributed by atoms with van der Waals surface area (Å²) in [6.07, 6.45) is -0.595. The van der Waals surface area contributed by atoms with Crippen molar-refractivity contribution in [2.75, 3.05) is 5.32 Å². The monoisotopic (exact) mass is 443 g/mol. The maximum absolute atomic E-state index is 11.0. The van der Waals surface area contributed by atoms with E-state index in [2.05, 4.69) is 20.5 Å². The quantitative estimate of drug-likeness (QED) is 0.254. The molecule has 32 heavy (non-hydrogen) atoms. The summed E-state index contributed by atoms with van der Waals surface area (Å²) in [5, 5.41) is 23.6. The minimum absolute atomic E-state index is 0.0202. The van der Waals surface area contributed by atoms with E-state index >= 15 is 0 Å². The lowest BCUT2D eigenvalue weighted by Gasteiger charge is -2.19. The van der Waals surface area contributed by atoms with Crippen LogP contribution in [0.4, 0.5) is 11.4 Å². The molecule has 1 aliphatic rings. The van der Waals surface area contributed by atoms with E-state index in [1.54, 1.807) is 12.1 Å². The fourth-order valence-electron chi connectivity index (χ4n) is 3.35. The van der Waals surface area contributed by atoms with Gasteiger partial charge in [-0.25, -0.2) is 0 Å². The second-order valence-electron chi connectivity index (χ2n) is 7.06. The average Bonchev–Trinajstić information content (AvgIpc) is 3.00. The van der Waals surface area contributed by atoms with Gasteiger partial charge in [-0.3, -0.25) is 10.1 Å². The summed E-state index contributed by atoms with van der Waals surface area (Å²) >= 11 is 1.48. The molecule has 0 saturated heterocycles. The number of ether oxygens (including phenoxy) is 1. The van der Waals surface area contributed by atoms with Crippen molar-refractivity contribution in [1.82, 2.24) is 15.2 Å². The molecule has 1 aliphatic heterocycles. The minimum Gasteiger partial charge on any atom is -0.448 e. The third kappa shape index (κ3) is 4.10. The number of nitro groups is 1. The summed E-state index contributed by atoms with van der Waals surface area (Å²) in [5.41, 5.74) is 4.10. The zero-order valence-corrected chi connectivity index (χ0v) is 17.5. The number of aromatic nitrogens is 3. The molecule has 0 saturated carbocycles. The molecule has 5 rings (SSSR count). The molecule has 1 aromatic heterocycles. The van der Waals surface area contributed by atoms with Gasteiger partial charge in [0.2, 0.25) is 11.0 Å². The Morgan fingerprint density at radius 3 is 2.50 bits per heavy atom.